The molecule has 4 rings (SSSR count). The van der Waals surface area contributed by atoms with Crippen LogP contribution in [-0.2, 0) is 0 Å². The molecule has 0 aliphatic rings. The molecule has 4 aromatic rings. The molecule has 2 aromatic heterocycles. The van der Waals surface area contributed by atoms with Crippen molar-refractivity contribution >= 4 is 11.0 Å². The van der Waals surface area contributed by atoms with Gasteiger partial charge in [-0.1, -0.05) is 30.3 Å². The van der Waals surface area contributed by atoms with E-state index in [2.05, 4.69) is 10.2 Å². The highest BCUT2D eigenvalue weighted by atomic mass is 16.4. The average molecular weight is 303 g/mol. The molecule has 0 aliphatic heterocycles. The van der Waals surface area contributed by atoms with E-state index in [9.17, 15) is 4.79 Å². The third-order valence-electron chi connectivity index (χ3n) is 3.67. The van der Waals surface area contributed by atoms with Crippen LogP contribution in [0.15, 0.2) is 69.9 Å². The minimum Gasteiger partial charge on any atom is -0.423 e. The molecule has 5 nitrogen and oxygen atoms in total. The van der Waals surface area contributed by atoms with E-state index < -0.39 is 0 Å². The van der Waals surface area contributed by atoms with Gasteiger partial charge in [-0.15, -0.1) is 5.10 Å². The number of nitrogens with zero attached hydrogens (tertiary/aromatic N) is 3. The number of rotatable bonds is 2. The van der Waals surface area contributed by atoms with Crippen molar-refractivity contribution in [2.24, 2.45) is 0 Å². The molecule has 0 radical (unpaired) electrons. The van der Waals surface area contributed by atoms with E-state index in [0.717, 1.165) is 28.0 Å². The summed E-state index contributed by atoms with van der Waals surface area (Å²) in [5, 5.41) is 9.90. The van der Waals surface area contributed by atoms with E-state index in [1.165, 1.54) is 6.07 Å². The van der Waals surface area contributed by atoms with Crippen LogP contribution in [0.1, 0.15) is 5.69 Å². The maximum atomic E-state index is 11.4. The second-order valence-corrected chi connectivity index (χ2v) is 5.27. The second kappa shape index (κ2) is 5.21. The average Bonchev–Trinajstić information content (AvgIpc) is 2.97. The van der Waals surface area contributed by atoms with Gasteiger partial charge in [-0.25, -0.2) is 4.79 Å². The van der Waals surface area contributed by atoms with Crippen LogP contribution in [0.25, 0.3) is 27.9 Å². The molecule has 2 aromatic carbocycles. The molecule has 0 bridgehead atoms. The van der Waals surface area contributed by atoms with Crippen LogP contribution in [0.5, 0.6) is 0 Å². The lowest BCUT2D eigenvalue weighted by Crippen LogP contribution is -2.00. The summed E-state index contributed by atoms with van der Waals surface area (Å²) in [4.78, 5) is 12.9. The second-order valence-electron chi connectivity index (χ2n) is 5.27. The fourth-order valence-corrected chi connectivity index (χ4v) is 2.53. The number of aromatic nitrogens is 3. The zero-order chi connectivity index (χ0) is 15.8. The van der Waals surface area contributed by atoms with Gasteiger partial charge in [-0.05, 0) is 25.1 Å². The van der Waals surface area contributed by atoms with E-state index in [0.29, 0.717) is 5.58 Å². The van der Waals surface area contributed by atoms with Gasteiger partial charge in [0, 0.05) is 23.1 Å². The largest absolute Gasteiger partial charge is 0.423 e. The predicted molar refractivity (Wildman–Crippen MR) is 87.6 cm³/mol. The van der Waals surface area contributed by atoms with Gasteiger partial charge < -0.3 is 4.42 Å². The molecule has 23 heavy (non-hydrogen) atoms. The summed E-state index contributed by atoms with van der Waals surface area (Å²) in [6.07, 6.45) is 0. The first-order valence-electron chi connectivity index (χ1n) is 7.24. The predicted octanol–water partition coefficient (Wildman–Crippen LogP) is 3.35. The molecule has 0 fully saturated rings. The van der Waals surface area contributed by atoms with E-state index in [1.807, 2.05) is 49.4 Å². The van der Waals surface area contributed by atoms with Crippen molar-refractivity contribution in [2.45, 2.75) is 6.92 Å². The Morgan fingerprint density at radius 1 is 0.957 bits per heavy atom. The van der Waals surface area contributed by atoms with E-state index >= 15 is 0 Å². The van der Waals surface area contributed by atoms with Gasteiger partial charge in [0.2, 0.25) is 0 Å². The van der Waals surface area contributed by atoms with Crippen LogP contribution >= 0.6 is 0 Å². The zero-order valence-electron chi connectivity index (χ0n) is 12.4. The van der Waals surface area contributed by atoms with Gasteiger partial charge in [-0.3, -0.25) is 0 Å². The summed E-state index contributed by atoms with van der Waals surface area (Å²) in [5.41, 5.74) is 3.59. The maximum Gasteiger partial charge on any atom is 0.336 e. The molecule has 112 valence electrons. The number of hydrogen-bond acceptors (Lipinski definition) is 4. The molecule has 0 unspecified atom stereocenters. The van der Waals surface area contributed by atoms with Crippen LogP contribution in [0.3, 0.4) is 0 Å². The minimum absolute atomic E-state index is 0.371. The Hall–Kier alpha value is -3.21. The van der Waals surface area contributed by atoms with Crippen molar-refractivity contribution in [1.29, 1.82) is 0 Å². The Morgan fingerprint density at radius 2 is 1.74 bits per heavy atom. The molecule has 0 aliphatic carbocycles. The fraction of sp³-hybridized carbons (Fsp3) is 0.0556. The van der Waals surface area contributed by atoms with Crippen molar-refractivity contribution in [2.75, 3.05) is 0 Å². The van der Waals surface area contributed by atoms with E-state index in [-0.39, 0.29) is 5.63 Å². The Kier molecular flexibility index (Phi) is 3.05. The van der Waals surface area contributed by atoms with Crippen molar-refractivity contribution in [1.82, 2.24) is 15.0 Å². The van der Waals surface area contributed by atoms with Crippen LogP contribution in [0.2, 0.25) is 0 Å². The quantitative estimate of drug-likeness (QED) is 0.533. The van der Waals surface area contributed by atoms with Crippen LogP contribution in [-0.4, -0.2) is 15.0 Å². The summed E-state index contributed by atoms with van der Waals surface area (Å²) in [7, 11) is 0. The molecule has 5 heteroatoms. The summed E-state index contributed by atoms with van der Waals surface area (Å²) >= 11 is 0. The first-order chi connectivity index (χ1) is 11.2. The molecule has 0 saturated heterocycles. The smallest absolute Gasteiger partial charge is 0.336 e. The summed E-state index contributed by atoms with van der Waals surface area (Å²) in [6, 6.07) is 18.6. The van der Waals surface area contributed by atoms with Gasteiger partial charge in [0.05, 0.1) is 11.4 Å². The molecular weight excluding hydrogens is 290 g/mol. The monoisotopic (exact) mass is 303 g/mol. The first-order valence-corrected chi connectivity index (χ1v) is 7.24. The van der Waals surface area contributed by atoms with Crippen molar-refractivity contribution < 1.29 is 4.42 Å². The Bertz CT molecular complexity index is 1050. The van der Waals surface area contributed by atoms with Gasteiger partial charge >= 0.3 is 5.63 Å². The molecule has 0 atom stereocenters. The summed E-state index contributed by atoms with van der Waals surface area (Å²) in [5.74, 6) is 0. The third kappa shape index (κ3) is 2.42. The van der Waals surface area contributed by atoms with Crippen molar-refractivity contribution in [3.63, 3.8) is 0 Å². The SMILES string of the molecule is Cc1nn(-c2ccc3ccc(=O)oc3c2)nc1-c1ccccc1. The Morgan fingerprint density at radius 3 is 2.57 bits per heavy atom. The Labute approximate surface area is 131 Å². The number of fused-ring (bicyclic) bond motifs is 1. The third-order valence-corrected chi connectivity index (χ3v) is 3.67. The highest BCUT2D eigenvalue weighted by molar-refractivity contribution is 5.78. The normalized spacial score (nSPS) is 11.0. The maximum absolute atomic E-state index is 11.4. The Balaban J connectivity index is 1.84. The number of benzene rings is 2. The number of aryl methyl sites for hydroxylation is 1. The standard InChI is InChI=1S/C18H13N3O2/c1-12-18(14-5-3-2-4-6-14)20-21(19-12)15-9-7-13-8-10-17(22)23-16(13)11-15/h2-11H,1H3. The molecule has 0 saturated carbocycles. The lowest BCUT2D eigenvalue weighted by atomic mass is 10.1. The highest BCUT2D eigenvalue weighted by Gasteiger charge is 2.11. The topological polar surface area (TPSA) is 60.9 Å². The zero-order valence-corrected chi connectivity index (χ0v) is 12.4. The summed E-state index contributed by atoms with van der Waals surface area (Å²) < 4.78 is 5.22. The van der Waals surface area contributed by atoms with Crippen molar-refractivity contribution in [3.8, 4) is 16.9 Å². The van der Waals surface area contributed by atoms with Gasteiger partial charge in [-0.2, -0.15) is 9.90 Å². The van der Waals surface area contributed by atoms with Gasteiger partial charge in [0.1, 0.15) is 11.3 Å². The molecular formula is C18H13N3O2. The first kappa shape index (κ1) is 13.5. The lowest BCUT2D eigenvalue weighted by molar-refractivity contribution is 0.560. The molecule has 2 heterocycles. The van der Waals surface area contributed by atoms with E-state index in [4.69, 9.17) is 4.42 Å². The minimum atomic E-state index is -0.371. The van der Waals surface area contributed by atoms with E-state index in [1.54, 1.807) is 16.9 Å². The van der Waals surface area contributed by atoms with Crippen LogP contribution in [0, 0.1) is 6.92 Å². The van der Waals surface area contributed by atoms with Crippen LogP contribution in [0.4, 0.5) is 0 Å². The molecule has 0 amide bonds. The fourth-order valence-electron chi connectivity index (χ4n) is 2.53. The molecule has 0 spiro atoms. The van der Waals surface area contributed by atoms with Crippen molar-refractivity contribution in [3.05, 3.63) is 76.8 Å². The van der Waals surface area contributed by atoms with Gasteiger partial charge in [0.15, 0.2) is 0 Å². The van der Waals surface area contributed by atoms with Gasteiger partial charge in [0.25, 0.3) is 0 Å². The highest BCUT2D eigenvalue weighted by Crippen LogP contribution is 2.22. The lowest BCUT2D eigenvalue weighted by Gasteiger charge is -2.01. The summed E-state index contributed by atoms with van der Waals surface area (Å²) in [6.45, 7) is 1.92. The van der Waals surface area contributed by atoms with Crippen LogP contribution < -0.4 is 5.63 Å². The number of hydrogen-bond donors (Lipinski definition) is 0. The molecule has 0 N–H and O–H groups in total.